The molecule has 3 aromatic rings. The Labute approximate surface area is 147 Å². The Balaban J connectivity index is 2.07. The molecule has 0 spiro atoms. The summed E-state index contributed by atoms with van der Waals surface area (Å²) in [4.78, 5) is 11.6. The predicted molar refractivity (Wildman–Crippen MR) is 93.4 cm³/mol. The molecule has 0 aliphatic carbocycles. The van der Waals surface area contributed by atoms with E-state index in [1.54, 1.807) is 13.0 Å². The highest BCUT2D eigenvalue weighted by molar-refractivity contribution is 7.92. The van der Waals surface area contributed by atoms with Crippen molar-refractivity contribution in [2.75, 3.05) is 4.72 Å². The fourth-order valence-corrected chi connectivity index (χ4v) is 4.02. The first-order valence-corrected chi connectivity index (χ1v) is 9.17. The van der Waals surface area contributed by atoms with E-state index in [0.29, 0.717) is 12.1 Å². The van der Waals surface area contributed by atoms with Gasteiger partial charge < -0.3 is 4.42 Å². The molecule has 0 bridgehead atoms. The first kappa shape index (κ1) is 16.9. The minimum Gasteiger partial charge on any atom is -0.408 e. The number of oxazole rings is 1. The Morgan fingerprint density at radius 1 is 1.17 bits per heavy atom. The Hall–Kier alpha value is -1.96. The van der Waals surface area contributed by atoms with Gasteiger partial charge in [0.1, 0.15) is 0 Å². The maximum Gasteiger partial charge on any atom is 0.419 e. The van der Waals surface area contributed by atoms with Crippen molar-refractivity contribution in [3.8, 4) is 0 Å². The van der Waals surface area contributed by atoms with Gasteiger partial charge >= 0.3 is 5.76 Å². The standard InChI is InChI=1S/C15H12Cl2N2O4S/c1-2-19-12-7-6-9(8-13(12)23-15(19)20)24(21,22)18-14-10(16)4-3-5-11(14)17/h3-8,18H,2H2,1H3. The molecule has 3 rings (SSSR count). The molecule has 0 unspecified atom stereocenters. The third-order valence-electron chi connectivity index (χ3n) is 3.47. The van der Waals surface area contributed by atoms with Crippen molar-refractivity contribution in [3.63, 3.8) is 0 Å². The van der Waals surface area contributed by atoms with Crippen LogP contribution in [0.4, 0.5) is 5.69 Å². The first-order valence-electron chi connectivity index (χ1n) is 6.93. The maximum absolute atomic E-state index is 12.6. The fourth-order valence-electron chi connectivity index (χ4n) is 2.30. The maximum atomic E-state index is 12.6. The molecule has 0 atom stereocenters. The molecule has 6 nitrogen and oxygen atoms in total. The second-order valence-electron chi connectivity index (χ2n) is 4.94. The average Bonchev–Trinajstić information content (AvgIpc) is 2.85. The van der Waals surface area contributed by atoms with Gasteiger partial charge in [-0.1, -0.05) is 29.3 Å². The number of rotatable bonds is 4. The summed E-state index contributed by atoms with van der Waals surface area (Å²) in [5, 5.41) is 0.353. The lowest BCUT2D eigenvalue weighted by molar-refractivity contribution is 0.512. The highest BCUT2D eigenvalue weighted by Gasteiger charge is 2.20. The van der Waals surface area contributed by atoms with Crippen molar-refractivity contribution in [1.29, 1.82) is 0 Å². The van der Waals surface area contributed by atoms with Gasteiger partial charge in [0, 0.05) is 12.6 Å². The van der Waals surface area contributed by atoms with E-state index in [1.807, 2.05) is 0 Å². The minimum atomic E-state index is -3.95. The Bertz CT molecular complexity index is 1070. The van der Waals surface area contributed by atoms with Crippen LogP contribution in [0, 0.1) is 0 Å². The second-order valence-corrected chi connectivity index (χ2v) is 7.44. The highest BCUT2D eigenvalue weighted by atomic mass is 35.5. The number of halogens is 2. The van der Waals surface area contributed by atoms with Gasteiger partial charge in [0.2, 0.25) is 0 Å². The lowest BCUT2D eigenvalue weighted by atomic mass is 10.3. The average molecular weight is 387 g/mol. The summed E-state index contributed by atoms with van der Waals surface area (Å²) in [6.07, 6.45) is 0. The molecule has 126 valence electrons. The van der Waals surface area contributed by atoms with Crippen molar-refractivity contribution in [2.24, 2.45) is 0 Å². The molecule has 0 saturated carbocycles. The van der Waals surface area contributed by atoms with Crippen molar-refractivity contribution >= 4 is 50.0 Å². The van der Waals surface area contributed by atoms with Crippen molar-refractivity contribution < 1.29 is 12.8 Å². The number of para-hydroxylation sites is 1. The van der Waals surface area contributed by atoms with E-state index in [2.05, 4.69) is 4.72 Å². The Kier molecular flexibility index (Phi) is 4.33. The molecular formula is C15H12Cl2N2O4S. The quantitative estimate of drug-likeness (QED) is 0.740. The zero-order valence-electron chi connectivity index (χ0n) is 12.4. The number of hydrogen-bond donors (Lipinski definition) is 1. The fraction of sp³-hybridized carbons (Fsp3) is 0.133. The van der Waals surface area contributed by atoms with Crippen LogP contribution >= 0.6 is 23.2 Å². The van der Waals surface area contributed by atoms with Gasteiger partial charge in [0.15, 0.2) is 5.58 Å². The molecular weight excluding hydrogens is 375 g/mol. The molecule has 9 heteroatoms. The topological polar surface area (TPSA) is 81.3 Å². The van der Waals surface area contributed by atoms with E-state index < -0.39 is 15.8 Å². The third-order valence-corrected chi connectivity index (χ3v) is 5.44. The van der Waals surface area contributed by atoms with Crippen LogP contribution in [0.25, 0.3) is 11.1 Å². The number of fused-ring (bicyclic) bond motifs is 1. The molecule has 1 heterocycles. The van der Waals surface area contributed by atoms with Crippen LogP contribution in [0.5, 0.6) is 0 Å². The first-order chi connectivity index (χ1) is 11.3. The molecule has 24 heavy (non-hydrogen) atoms. The Morgan fingerprint density at radius 2 is 1.83 bits per heavy atom. The minimum absolute atomic E-state index is 0.0667. The molecule has 1 N–H and O–H groups in total. The normalized spacial score (nSPS) is 11.8. The molecule has 0 fully saturated rings. The van der Waals surface area contributed by atoms with Gasteiger partial charge in [0.05, 0.1) is 26.1 Å². The van der Waals surface area contributed by atoms with E-state index >= 15 is 0 Å². The summed E-state index contributed by atoms with van der Waals surface area (Å²) in [5.74, 6) is -0.538. The number of hydrogen-bond acceptors (Lipinski definition) is 4. The van der Waals surface area contributed by atoms with Crippen LogP contribution in [-0.2, 0) is 16.6 Å². The third kappa shape index (κ3) is 2.90. The number of aromatic nitrogens is 1. The smallest absolute Gasteiger partial charge is 0.408 e. The molecule has 0 saturated heterocycles. The number of nitrogens with one attached hydrogen (secondary N) is 1. The van der Waals surface area contributed by atoms with Crippen molar-refractivity contribution in [1.82, 2.24) is 4.57 Å². The Morgan fingerprint density at radius 3 is 2.46 bits per heavy atom. The molecule has 0 radical (unpaired) electrons. The molecule has 2 aromatic carbocycles. The van der Waals surface area contributed by atoms with Gasteiger partial charge in [-0.15, -0.1) is 0 Å². The van der Waals surface area contributed by atoms with Crippen LogP contribution in [0.15, 0.2) is 50.5 Å². The summed E-state index contributed by atoms with van der Waals surface area (Å²) in [6.45, 7) is 2.22. The monoisotopic (exact) mass is 386 g/mol. The van der Waals surface area contributed by atoms with Crippen LogP contribution in [-0.4, -0.2) is 13.0 Å². The summed E-state index contributed by atoms with van der Waals surface area (Å²) in [5.41, 5.74) is 0.806. The zero-order chi connectivity index (χ0) is 17.5. The van der Waals surface area contributed by atoms with E-state index in [0.717, 1.165) is 0 Å². The van der Waals surface area contributed by atoms with Gasteiger partial charge in [0.25, 0.3) is 10.0 Å². The van der Waals surface area contributed by atoms with E-state index in [1.165, 1.54) is 34.9 Å². The molecule has 0 aliphatic rings. The number of sulfonamides is 1. The largest absolute Gasteiger partial charge is 0.419 e. The predicted octanol–water partition coefficient (Wildman–Crippen LogP) is 3.72. The SMILES string of the molecule is CCn1c(=O)oc2cc(S(=O)(=O)Nc3c(Cl)cccc3Cl)ccc21. The molecule has 1 aromatic heterocycles. The van der Waals surface area contributed by atoms with E-state index in [9.17, 15) is 13.2 Å². The van der Waals surface area contributed by atoms with Crippen LogP contribution in [0.1, 0.15) is 6.92 Å². The number of nitrogens with zero attached hydrogens (tertiary/aromatic N) is 1. The summed E-state index contributed by atoms with van der Waals surface area (Å²) in [7, 11) is -3.95. The van der Waals surface area contributed by atoms with Crippen molar-refractivity contribution in [2.45, 2.75) is 18.4 Å². The number of anilines is 1. The van der Waals surface area contributed by atoms with Gasteiger partial charge in [-0.2, -0.15) is 0 Å². The van der Waals surface area contributed by atoms with E-state index in [-0.39, 0.29) is 26.2 Å². The van der Waals surface area contributed by atoms with E-state index in [4.69, 9.17) is 27.6 Å². The highest BCUT2D eigenvalue weighted by Crippen LogP contribution is 2.32. The molecule has 0 aliphatic heterocycles. The number of benzene rings is 2. The molecule has 0 amide bonds. The summed E-state index contributed by atoms with van der Waals surface area (Å²) < 4.78 is 34.0. The summed E-state index contributed by atoms with van der Waals surface area (Å²) >= 11 is 12.0. The van der Waals surface area contributed by atoms with Crippen molar-refractivity contribution in [3.05, 3.63) is 57.0 Å². The van der Waals surface area contributed by atoms with Gasteiger partial charge in [-0.05, 0) is 31.2 Å². The van der Waals surface area contributed by atoms with Crippen LogP contribution in [0.3, 0.4) is 0 Å². The summed E-state index contributed by atoms with van der Waals surface area (Å²) in [6, 6.07) is 8.85. The second kappa shape index (κ2) is 6.16. The zero-order valence-corrected chi connectivity index (χ0v) is 14.7. The van der Waals surface area contributed by atoms with Gasteiger partial charge in [-0.3, -0.25) is 9.29 Å². The van der Waals surface area contributed by atoms with Crippen LogP contribution in [0.2, 0.25) is 10.0 Å². The number of aryl methyl sites for hydroxylation is 1. The van der Waals surface area contributed by atoms with Crippen LogP contribution < -0.4 is 10.5 Å². The lowest BCUT2D eigenvalue weighted by Crippen LogP contribution is -2.14. The van der Waals surface area contributed by atoms with Gasteiger partial charge in [-0.25, -0.2) is 13.2 Å². The lowest BCUT2D eigenvalue weighted by Gasteiger charge is -2.11.